The number of hydrazone groups is 1. The van der Waals surface area contributed by atoms with Gasteiger partial charge >= 0.3 is 0 Å². The van der Waals surface area contributed by atoms with E-state index >= 15 is 0 Å². The van der Waals surface area contributed by atoms with Gasteiger partial charge in [0.15, 0.2) is 0 Å². The lowest BCUT2D eigenvalue weighted by Gasteiger charge is -2.15. The molecule has 2 rings (SSSR count). The smallest absolute Gasteiger partial charge is 0.0533 e. The fraction of sp³-hybridized carbons (Fsp3) is 0.417. The van der Waals surface area contributed by atoms with E-state index in [1.807, 2.05) is 0 Å². The van der Waals surface area contributed by atoms with Crippen LogP contribution in [-0.2, 0) is 0 Å². The number of hydrogen-bond donors (Lipinski definition) is 1. The van der Waals surface area contributed by atoms with Crippen molar-refractivity contribution in [2.24, 2.45) is 5.10 Å². The van der Waals surface area contributed by atoms with Crippen LogP contribution >= 0.6 is 0 Å². The average molecular weight is 188 g/mol. The van der Waals surface area contributed by atoms with Crippen LogP contribution in [0, 0.1) is 6.92 Å². The fourth-order valence-corrected chi connectivity index (χ4v) is 2.01. The van der Waals surface area contributed by atoms with Crippen LogP contribution in [-0.4, -0.2) is 11.8 Å². The molecule has 1 aromatic carbocycles. The highest BCUT2D eigenvalue weighted by molar-refractivity contribution is 5.90. The van der Waals surface area contributed by atoms with E-state index in [4.69, 9.17) is 0 Å². The molecule has 0 saturated carbocycles. The summed E-state index contributed by atoms with van der Waals surface area (Å²) in [5.74, 6) is 0.440. The molecule has 1 aromatic rings. The molecule has 0 saturated heterocycles. The predicted molar refractivity (Wildman–Crippen MR) is 59.6 cm³/mol. The number of hydrogen-bond acceptors (Lipinski definition) is 2. The zero-order valence-electron chi connectivity index (χ0n) is 8.91. The van der Waals surface area contributed by atoms with Crippen LogP contribution in [0.2, 0.25) is 0 Å². The van der Waals surface area contributed by atoms with E-state index in [1.54, 1.807) is 0 Å². The first-order valence-corrected chi connectivity index (χ1v) is 5.05. The summed E-state index contributed by atoms with van der Waals surface area (Å²) >= 11 is 0. The molecule has 2 atom stereocenters. The predicted octanol–water partition coefficient (Wildman–Crippen LogP) is 2.45. The minimum atomic E-state index is 0.415. The molecular weight excluding hydrogens is 172 g/mol. The molecule has 0 radical (unpaired) electrons. The third-order valence-electron chi connectivity index (χ3n) is 2.83. The second-order valence-corrected chi connectivity index (χ2v) is 4.06. The molecular formula is C12H16N2. The molecule has 1 aliphatic heterocycles. The monoisotopic (exact) mass is 188 g/mol. The maximum absolute atomic E-state index is 4.26. The summed E-state index contributed by atoms with van der Waals surface area (Å²) in [4.78, 5) is 0. The molecule has 1 aliphatic rings. The van der Waals surface area contributed by atoms with Gasteiger partial charge in [-0.05, 0) is 26.3 Å². The van der Waals surface area contributed by atoms with Gasteiger partial charge in [-0.3, -0.25) is 0 Å². The Hall–Kier alpha value is -1.31. The SMILES string of the molecule is CC1=NNC(C)C1c1ccc(C)cc1. The van der Waals surface area contributed by atoms with Gasteiger partial charge in [0.25, 0.3) is 0 Å². The van der Waals surface area contributed by atoms with Crippen molar-refractivity contribution in [3.63, 3.8) is 0 Å². The Morgan fingerprint density at radius 1 is 1.14 bits per heavy atom. The number of aryl methyl sites for hydroxylation is 1. The summed E-state index contributed by atoms with van der Waals surface area (Å²) in [5, 5.41) is 4.26. The normalized spacial score (nSPS) is 25.8. The molecule has 0 fully saturated rings. The summed E-state index contributed by atoms with van der Waals surface area (Å²) in [7, 11) is 0. The third-order valence-corrected chi connectivity index (χ3v) is 2.83. The van der Waals surface area contributed by atoms with E-state index < -0.39 is 0 Å². The van der Waals surface area contributed by atoms with E-state index in [0.29, 0.717) is 12.0 Å². The molecule has 14 heavy (non-hydrogen) atoms. The van der Waals surface area contributed by atoms with Gasteiger partial charge < -0.3 is 5.43 Å². The second-order valence-electron chi connectivity index (χ2n) is 4.06. The van der Waals surface area contributed by atoms with Crippen molar-refractivity contribution < 1.29 is 0 Å². The van der Waals surface area contributed by atoms with E-state index in [1.165, 1.54) is 16.8 Å². The largest absolute Gasteiger partial charge is 0.306 e. The molecule has 74 valence electrons. The summed E-state index contributed by atoms with van der Waals surface area (Å²) < 4.78 is 0. The Morgan fingerprint density at radius 3 is 2.29 bits per heavy atom. The van der Waals surface area contributed by atoms with Gasteiger partial charge in [-0.2, -0.15) is 5.10 Å². The van der Waals surface area contributed by atoms with E-state index in [0.717, 1.165) is 0 Å². The molecule has 0 aromatic heterocycles. The highest BCUT2D eigenvalue weighted by Crippen LogP contribution is 2.25. The van der Waals surface area contributed by atoms with Crippen LogP contribution in [0.15, 0.2) is 29.4 Å². The summed E-state index contributed by atoms with van der Waals surface area (Å²) in [5.41, 5.74) is 6.97. The van der Waals surface area contributed by atoms with Crippen molar-refractivity contribution in [3.05, 3.63) is 35.4 Å². The molecule has 1 N–H and O–H groups in total. The number of nitrogens with one attached hydrogen (secondary N) is 1. The summed E-state index contributed by atoms with van der Waals surface area (Å²) in [6.45, 7) is 6.37. The Balaban J connectivity index is 2.30. The molecule has 0 aliphatic carbocycles. The van der Waals surface area contributed by atoms with E-state index in [9.17, 15) is 0 Å². The number of benzene rings is 1. The zero-order chi connectivity index (χ0) is 10.1. The molecule has 0 amide bonds. The molecule has 2 nitrogen and oxygen atoms in total. The van der Waals surface area contributed by atoms with E-state index in [-0.39, 0.29) is 0 Å². The Labute approximate surface area is 85.0 Å². The first-order valence-electron chi connectivity index (χ1n) is 5.05. The summed E-state index contributed by atoms with van der Waals surface area (Å²) in [6.07, 6.45) is 0. The molecule has 0 bridgehead atoms. The number of nitrogens with zero attached hydrogens (tertiary/aromatic N) is 1. The first kappa shape index (κ1) is 9.25. The Kier molecular flexibility index (Phi) is 2.28. The minimum absolute atomic E-state index is 0.415. The maximum atomic E-state index is 4.26. The first-order chi connectivity index (χ1) is 6.68. The highest BCUT2D eigenvalue weighted by Gasteiger charge is 2.26. The standard InChI is InChI=1S/C12H16N2/c1-8-4-6-11(7-5-8)12-9(2)13-14-10(12)3/h4-7,9,12-13H,1-3H3. The van der Waals surface area contributed by atoms with Crippen molar-refractivity contribution in [1.29, 1.82) is 0 Å². The van der Waals surface area contributed by atoms with Crippen molar-refractivity contribution in [2.75, 3.05) is 0 Å². The summed E-state index contributed by atoms with van der Waals surface area (Å²) in [6, 6.07) is 9.13. The topological polar surface area (TPSA) is 24.4 Å². The van der Waals surface area contributed by atoms with Gasteiger partial charge in [0, 0.05) is 11.6 Å². The van der Waals surface area contributed by atoms with Crippen LogP contribution in [0.5, 0.6) is 0 Å². The van der Waals surface area contributed by atoms with Crippen LogP contribution in [0.25, 0.3) is 0 Å². The molecule has 2 unspecified atom stereocenters. The van der Waals surface area contributed by atoms with Gasteiger partial charge in [0.2, 0.25) is 0 Å². The zero-order valence-corrected chi connectivity index (χ0v) is 8.91. The minimum Gasteiger partial charge on any atom is -0.306 e. The van der Waals surface area contributed by atoms with Crippen LogP contribution in [0.3, 0.4) is 0 Å². The quantitative estimate of drug-likeness (QED) is 0.719. The van der Waals surface area contributed by atoms with Crippen molar-refractivity contribution in [3.8, 4) is 0 Å². The van der Waals surface area contributed by atoms with E-state index in [2.05, 4.69) is 55.6 Å². The van der Waals surface area contributed by atoms with Crippen molar-refractivity contribution in [2.45, 2.75) is 32.7 Å². The molecule has 0 spiro atoms. The number of rotatable bonds is 1. The molecule has 1 heterocycles. The Morgan fingerprint density at radius 2 is 1.79 bits per heavy atom. The van der Waals surface area contributed by atoms with Gasteiger partial charge in [0.05, 0.1) is 6.04 Å². The van der Waals surface area contributed by atoms with Gasteiger partial charge in [-0.25, -0.2) is 0 Å². The van der Waals surface area contributed by atoms with Gasteiger partial charge in [-0.15, -0.1) is 0 Å². The van der Waals surface area contributed by atoms with Gasteiger partial charge in [0.1, 0.15) is 0 Å². The fourth-order valence-electron chi connectivity index (χ4n) is 2.01. The lowest BCUT2D eigenvalue weighted by atomic mass is 9.90. The Bertz CT molecular complexity index is 351. The van der Waals surface area contributed by atoms with Crippen LogP contribution in [0.4, 0.5) is 0 Å². The van der Waals surface area contributed by atoms with Crippen molar-refractivity contribution in [1.82, 2.24) is 5.43 Å². The molecule has 2 heteroatoms. The van der Waals surface area contributed by atoms with Gasteiger partial charge in [-0.1, -0.05) is 29.8 Å². The highest BCUT2D eigenvalue weighted by atomic mass is 15.3. The lowest BCUT2D eigenvalue weighted by molar-refractivity contribution is 0.589. The van der Waals surface area contributed by atoms with Crippen LogP contribution < -0.4 is 5.43 Å². The maximum Gasteiger partial charge on any atom is 0.0533 e. The van der Waals surface area contributed by atoms with Crippen molar-refractivity contribution >= 4 is 5.71 Å². The third kappa shape index (κ3) is 1.52. The second kappa shape index (κ2) is 3.45. The lowest BCUT2D eigenvalue weighted by Crippen LogP contribution is -2.23. The van der Waals surface area contributed by atoms with Crippen LogP contribution in [0.1, 0.15) is 30.9 Å². The average Bonchev–Trinajstić information content (AvgIpc) is 2.49.